The van der Waals surface area contributed by atoms with Crippen LogP contribution in [0.4, 0.5) is 5.69 Å². The Morgan fingerprint density at radius 1 is 1.24 bits per heavy atom. The highest BCUT2D eigenvalue weighted by Gasteiger charge is 2.28. The third-order valence-corrected chi connectivity index (χ3v) is 4.43. The highest BCUT2D eigenvalue weighted by Crippen LogP contribution is 2.31. The number of fused-ring (bicyclic) bond motifs is 2. The van der Waals surface area contributed by atoms with E-state index < -0.39 is 5.97 Å². The summed E-state index contributed by atoms with van der Waals surface area (Å²) in [5.74, 6) is -0.557. The van der Waals surface area contributed by atoms with Crippen LogP contribution in [0.2, 0.25) is 0 Å². The molecule has 126 valence electrons. The fourth-order valence-corrected chi connectivity index (χ4v) is 3.12. The number of anilines is 1. The Hall–Kier alpha value is -3.35. The van der Waals surface area contributed by atoms with Crippen LogP contribution in [0, 0.1) is 0 Å². The predicted molar refractivity (Wildman–Crippen MR) is 90.5 cm³/mol. The van der Waals surface area contributed by atoms with Gasteiger partial charge in [-0.1, -0.05) is 6.07 Å². The number of methoxy groups -OCH3 is 1. The summed E-state index contributed by atoms with van der Waals surface area (Å²) in [4.78, 5) is 25.8. The van der Waals surface area contributed by atoms with E-state index >= 15 is 0 Å². The van der Waals surface area contributed by atoms with E-state index in [9.17, 15) is 14.7 Å². The van der Waals surface area contributed by atoms with Gasteiger partial charge in [-0.3, -0.25) is 4.79 Å². The van der Waals surface area contributed by atoms with Crippen molar-refractivity contribution in [3.63, 3.8) is 0 Å². The van der Waals surface area contributed by atoms with Crippen molar-refractivity contribution in [1.82, 2.24) is 9.61 Å². The van der Waals surface area contributed by atoms with Gasteiger partial charge in [-0.15, -0.1) is 0 Å². The lowest BCUT2D eigenvalue weighted by molar-refractivity contribution is 0.0696. The zero-order chi connectivity index (χ0) is 17.6. The van der Waals surface area contributed by atoms with Crippen molar-refractivity contribution in [3.05, 3.63) is 59.4 Å². The first-order chi connectivity index (χ1) is 12.1. The van der Waals surface area contributed by atoms with Gasteiger partial charge in [0, 0.05) is 12.2 Å². The number of rotatable bonds is 3. The number of carbonyl (C=O) groups excluding carboxylic acids is 1. The molecule has 25 heavy (non-hydrogen) atoms. The molecule has 0 fully saturated rings. The molecule has 1 N–H and O–H groups in total. The monoisotopic (exact) mass is 337 g/mol. The van der Waals surface area contributed by atoms with E-state index in [0.717, 1.165) is 5.56 Å². The number of amides is 1. The average molecular weight is 337 g/mol. The lowest BCUT2D eigenvalue weighted by atomic mass is 10.1. The van der Waals surface area contributed by atoms with Crippen LogP contribution in [-0.2, 0) is 6.42 Å². The van der Waals surface area contributed by atoms with Gasteiger partial charge in [0.1, 0.15) is 5.75 Å². The van der Waals surface area contributed by atoms with Gasteiger partial charge in [-0.05, 0) is 36.2 Å². The molecule has 1 aliphatic rings. The molecule has 1 aromatic carbocycles. The van der Waals surface area contributed by atoms with Gasteiger partial charge in [0.15, 0.2) is 0 Å². The Balaban J connectivity index is 1.74. The average Bonchev–Trinajstić information content (AvgIpc) is 3.23. The van der Waals surface area contributed by atoms with Crippen molar-refractivity contribution in [2.75, 3.05) is 18.6 Å². The SMILES string of the molecule is COc1ccc2c(C(=O)N3CCc4ccc(C(=O)O)cc43)cnn2c1. The van der Waals surface area contributed by atoms with E-state index in [4.69, 9.17) is 4.74 Å². The smallest absolute Gasteiger partial charge is 0.335 e. The zero-order valence-corrected chi connectivity index (χ0v) is 13.5. The number of pyridine rings is 1. The van der Waals surface area contributed by atoms with Crippen LogP contribution in [-0.4, -0.2) is 40.3 Å². The molecule has 0 saturated carbocycles. The van der Waals surface area contributed by atoms with E-state index in [0.29, 0.717) is 35.5 Å². The molecule has 3 heterocycles. The maximum Gasteiger partial charge on any atom is 0.335 e. The minimum atomic E-state index is -1.01. The van der Waals surface area contributed by atoms with E-state index in [2.05, 4.69) is 5.10 Å². The Morgan fingerprint density at radius 2 is 2.08 bits per heavy atom. The molecule has 0 radical (unpaired) electrons. The molecule has 0 atom stereocenters. The van der Waals surface area contributed by atoms with Gasteiger partial charge in [-0.2, -0.15) is 5.10 Å². The Bertz CT molecular complexity index is 1010. The summed E-state index contributed by atoms with van der Waals surface area (Å²) in [6.45, 7) is 0.519. The largest absolute Gasteiger partial charge is 0.495 e. The van der Waals surface area contributed by atoms with Crippen molar-refractivity contribution >= 4 is 23.1 Å². The van der Waals surface area contributed by atoms with Gasteiger partial charge >= 0.3 is 5.97 Å². The third kappa shape index (κ3) is 2.40. The normalized spacial score (nSPS) is 13.1. The second-order valence-electron chi connectivity index (χ2n) is 5.81. The minimum absolute atomic E-state index is 0.169. The van der Waals surface area contributed by atoms with Crippen molar-refractivity contribution < 1.29 is 19.4 Å². The molecular weight excluding hydrogens is 322 g/mol. The van der Waals surface area contributed by atoms with E-state index in [1.165, 1.54) is 6.20 Å². The first-order valence-corrected chi connectivity index (χ1v) is 7.78. The summed E-state index contributed by atoms with van der Waals surface area (Å²) in [7, 11) is 1.57. The van der Waals surface area contributed by atoms with Crippen LogP contribution in [0.25, 0.3) is 5.52 Å². The molecule has 0 unspecified atom stereocenters. The number of ether oxygens (including phenoxy) is 1. The maximum absolute atomic E-state index is 13.0. The van der Waals surface area contributed by atoms with Gasteiger partial charge in [0.2, 0.25) is 0 Å². The summed E-state index contributed by atoms with van der Waals surface area (Å²) in [6.07, 6.45) is 3.93. The number of carbonyl (C=O) groups is 2. The summed E-state index contributed by atoms with van der Waals surface area (Å²) in [5.41, 5.74) is 2.93. The van der Waals surface area contributed by atoms with Gasteiger partial charge in [-0.25, -0.2) is 9.31 Å². The molecule has 4 rings (SSSR count). The van der Waals surface area contributed by atoms with Crippen molar-refractivity contribution in [2.45, 2.75) is 6.42 Å². The van der Waals surface area contributed by atoms with Crippen LogP contribution in [0.15, 0.2) is 42.7 Å². The molecule has 0 spiro atoms. The number of aromatic carboxylic acids is 1. The lowest BCUT2D eigenvalue weighted by Gasteiger charge is -2.17. The van der Waals surface area contributed by atoms with Gasteiger partial charge < -0.3 is 14.7 Å². The fraction of sp³-hybridized carbons (Fsp3) is 0.167. The standard InChI is InChI=1S/C18H15N3O4/c1-25-13-4-5-15-14(9-19-21(15)10-13)17(22)20-7-6-11-2-3-12(18(23)24)8-16(11)20/h2-5,8-10H,6-7H2,1H3,(H,23,24). The first-order valence-electron chi connectivity index (χ1n) is 7.78. The molecule has 0 aliphatic carbocycles. The van der Waals surface area contributed by atoms with E-state index in [-0.39, 0.29) is 11.5 Å². The van der Waals surface area contributed by atoms with Crippen LogP contribution in [0.1, 0.15) is 26.3 Å². The molecule has 0 bridgehead atoms. The number of hydrogen-bond acceptors (Lipinski definition) is 4. The van der Waals surface area contributed by atoms with E-state index in [1.54, 1.807) is 53.1 Å². The summed E-state index contributed by atoms with van der Waals surface area (Å²) in [5, 5.41) is 13.4. The first kappa shape index (κ1) is 15.2. The molecular formula is C18H15N3O4. The minimum Gasteiger partial charge on any atom is -0.495 e. The fourth-order valence-electron chi connectivity index (χ4n) is 3.12. The molecule has 0 saturated heterocycles. The number of hydrogen-bond donors (Lipinski definition) is 1. The second kappa shape index (κ2) is 5.62. The molecule has 1 amide bonds. The molecule has 1 aliphatic heterocycles. The Kier molecular flexibility index (Phi) is 3.42. The summed E-state index contributed by atoms with van der Waals surface area (Å²) < 4.78 is 6.76. The van der Waals surface area contributed by atoms with Crippen LogP contribution in [0.5, 0.6) is 5.75 Å². The number of carboxylic acid groups (broad SMARTS) is 1. The molecule has 3 aromatic rings. The lowest BCUT2D eigenvalue weighted by Crippen LogP contribution is -2.28. The summed E-state index contributed by atoms with van der Waals surface area (Å²) in [6, 6.07) is 8.44. The van der Waals surface area contributed by atoms with Crippen molar-refractivity contribution in [1.29, 1.82) is 0 Å². The van der Waals surface area contributed by atoms with Crippen LogP contribution >= 0.6 is 0 Å². The predicted octanol–water partition coefficient (Wildman–Crippen LogP) is 2.24. The van der Waals surface area contributed by atoms with Crippen LogP contribution in [0.3, 0.4) is 0 Å². The molecule has 7 nitrogen and oxygen atoms in total. The molecule has 2 aromatic heterocycles. The summed E-state index contributed by atoms with van der Waals surface area (Å²) >= 11 is 0. The highest BCUT2D eigenvalue weighted by atomic mass is 16.5. The van der Waals surface area contributed by atoms with Gasteiger partial charge in [0.25, 0.3) is 5.91 Å². The zero-order valence-electron chi connectivity index (χ0n) is 13.5. The third-order valence-electron chi connectivity index (χ3n) is 4.43. The Labute approximate surface area is 143 Å². The van der Waals surface area contributed by atoms with E-state index in [1.807, 2.05) is 0 Å². The van der Waals surface area contributed by atoms with Crippen molar-refractivity contribution in [3.8, 4) is 5.75 Å². The van der Waals surface area contributed by atoms with Gasteiger partial charge in [0.05, 0.1) is 36.1 Å². The van der Waals surface area contributed by atoms with Crippen molar-refractivity contribution in [2.24, 2.45) is 0 Å². The van der Waals surface area contributed by atoms with Crippen LogP contribution < -0.4 is 9.64 Å². The number of carboxylic acids is 1. The number of aromatic nitrogens is 2. The quantitative estimate of drug-likeness (QED) is 0.792. The number of nitrogens with zero attached hydrogens (tertiary/aromatic N) is 3. The maximum atomic E-state index is 13.0. The number of benzene rings is 1. The highest BCUT2D eigenvalue weighted by molar-refractivity contribution is 6.11. The topological polar surface area (TPSA) is 84.1 Å². The second-order valence-corrected chi connectivity index (χ2v) is 5.81. The molecule has 7 heteroatoms. The Morgan fingerprint density at radius 3 is 2.84 bits per heavy atom.